The van der Waals surface area contributed by atoms with E-state index in [4.69, 9.17) is 4.74 Å². The molecule has 4 nitrogen and oxygen atoms in total. The zero-order valence-corrected chi connectivity index (χ0v) is 11.8. The average Bonchev–Trinajstić information content (AvgIpc) is 2.29. The van der Waals surface area contributed by atoms with Gasteiger partial charge in [-0.1, -0.05) is 19.3 Å². The van der Waals surface area contributed by atoms with E-state index < -0.39 is 0 Å². The van der Waals surface area contributed by atoms with Crippen molar-refractivity contribution >= 4 is 18.3 Å². The van der Waals surface area contributed by atoms with Gasteiger partial charge in [0, 0.05) is 32.1 Å². The molecule has 2 saturated heterocycles. The third kappa shape index (κ3) is 5.12. The van der Waals surface area contributed by atoms with Crippen molar-refractivity contribution in [2.24, 2.45) is 0 Å². The second-order valence-electron chi connectivity index (χ2n) is 5.08. The zero-order valence-electron chi connectivity index (χ0n) is 11.0. The molecule has 1 unspecified atom stereocenters. The van der Waals surface area contributed by atoms with Crippen molar-refractivity contribution in [1.82, 2.24) is 10.2 Å². The summed E-state index contributed by atoms with van der Waals surface area (Å²) in [7, 11) is 0. The molecule has 0 aromatic rings. The molecular weight excluding hydrogens is 252 g/mol. The Kier molecular flexibility index (Phi) is 7.63. The highest BCUT2D eigenvalue weighted by Crippen LogP contribution is 2.12. The first-order chi connectivity index (χ1) is 8.36. The normalized spacial score (nSPS) is 25.8. The number of likely N-dealkylation sites (tertiary alicyclic amines) is 1. The summed E-state index contributed by atoms with van der Waals surface area (Å²) in [6.45, 7) is 4.23. The van der Waals surface area contributed by atoms with E-state index in [0.29, 0.717) is 18.9 Å². The Labute approximate surface area is 116 Å². The van der Waals surface area contributed by atoms with Gasteiger partial charge in [0.05, 0.1) is 13.2 Å². The molecule has 0 aromatic heterocycles. The van der Waals surface area contributed by atoms with Crippen molar-refractivity contribution in [2.45, 2.75) is 44.6 Å². The number of carbonyl (C=O) groups excluding carboxylic acids is 1. The van der Waals surface area contributed by atoms with E-state index in [9.17, 15) is 4.79 Å². The van der Waals surface area contributed by atoms with Gasteiger partial charge in [-0.15, -0.1) is 12.4 Å². The molecule has 2 aliphatic heterocycles. The summed E-state index contributed by atoms with van der Waals surface area (Å²) in [5.41, 5.74) is 0. The molecule has 2 heterocycles. The Morgan fingerprint density at radius 2 is 1.83 bits per heavy atom. The Balaban J connectivity index is 0.00000162. The van der Waals surface area contributed by atoms with Crippen molar-refractivity contribution < 1.29 is 9.53 Å². The third-order valence-electron chi connectivity index (χ3n) is 3.63. The van der Waals surface area contributed by atoms with E-state index in [2.05, 4.69) is 10.2 Å². The van der Waals surface area contributed by atoms with Gasteiger partial charge in [-0.2, -0.15) is 0 Å². The lowest BCUT2D eigenvalue weighted by Crippen LogP contribution is -2.45. The number of amides is 1. The maximum Gasteiger partial charge on any atom is 0.224 e. The topological polar surface area (TPSA) is 41.6 Å². The molecular formula is C13H25ClN2O2. The number of rotatable bonds is 2. The highest BCUT2D eigenvalue weighted by atomic mass is 35.5. The summed E-state index contributed by atoms with van der Waals surface area (Å²) < 4.78 is 5.38. The van der Waals surface area contributed by atoms with Crippen molar-refractivity contribution in [1.29, 1.82) is 0 Å². The number of hydrogen-bond donors (Lipinski definition) is 1. The molecule has 2 aliphatic rings. The van der Waals surface area contributed by atoms with E-state index in [1.807, 2.05) is 0 Å². The molecule has 0 aliphatic carbocycles. The highest BCUT2D eigenvalue weighted by Gasteiger charge is 2.21. The Hall–Kier alpha value is -0.320. The Morgan fingerprint density at radius 3 is 2.44 bits per heavy atom. The second kappa shape index (κ2) is 8.73. The van der Waals surface area contributed by atoms with E-state index in [-0.39, 0.29) is 18.4 Å². The fraction of sp³-hybridized carbons (Fsp3) is 0.923. The van der Waals surface area contributed by atoms with Crippen LogP contribution in [-0.4, -0.2) is 49.7 Å². The molecule has 106 valence electrons. The van der Waals surface area contributed by atoms with Crippen LogP contribution in [0.15, 0.2) is 0 Å². The predicted octanol–water partition coefficient (Wildman–Crippen LogP) is 1.58. The lowest BCUT2D eigenvalue weighted by Gasteiger charge is -2.28. The molecule has 0 aromatic carbocycles. The van der Waals surface area contributed by atoms with Gasteiger partial charge in [0.2, 0.25) is 5.91 Å². The number of nitrogens with one attached hydrogen (secondary N) is 1. The van der Waals surface area contributed by atoms with Gasteiger partial charge >= 0.3 is 0 Å². The summed E-state index contributed by atoms with van der Waals surface area (Å²) >= 11 is 0. The Morgan fingerprint density at radius 1 is 1.17 bits per heavy atom. The molecule has 0 spiro atoms. The molecule has 1 atom stereocenters. The van der Waals surface area contributed by atoms with Gasteiger partial charge in [0.15, 0.2) is 0 Å². The first-order valence-corrected chi connectivity index (χ1v) is 6.95. The minimum Gasteiger partial charge on any atom is -0.378 e. The van der Waals surface area contributed by atoms with Crippen LogP contribution in [0.4, 0.5) is 0 Å². The monoisotopic (exact) mass is 276 g/mol. The number of hydrogen-bond acceptors (Lipinski definition) is 3. The second-order valence-corrected chi connectivity index (χ2v) is 5.08. The molecule has 2 fully saturated rings. The fourth-order valence-electron chi connectivity index (χ4n) is 2.59. The third-order valence-corrected chi connectivity index (χ3v) is 3.63. The summed E-state index contributed by atoms with van der Waals surface area (Å²) in [6, 6.07) is 0.224. The van der Waals surface area contributed by atoms with E-state index in [0.717, 1.165) is 26.2 Å². The van der Waals surface area contributed by atoms with Crippen LogP contribution < -0.4 is 5.32 Å². The number of halogens is 1. The minimum absolute atomic E-state index is 0. The van der Waals surface area contributed by atoms with Gasteiger partial charge in [-0.3, -0.25) is 4.79 Å². The molecule has 1 N–H and O–H groups in total. The Bertz CT molecular complexity index is 237. The minimum atomic E-state index is 0. The molecule has 0 radical (unpaired) electrons. The van der Waals surface area contributed by atoms with Crippen molar-refractivity contribution in [3.63, 3.8) is 0 Å². The molecule has 2 rings (SSSR count). The molecule has 0 saturated carbocycles. The lowest BCUT2D eigenvalue weighted by atomic mass is 10.1. The average molecular weight is 277 g/mol. The maximum atomic E-state index is 12.2. The quantitative estimate of drug-likeness (QED) is 0.833. The van der Waals surface area contributed by atoms with Crippen molar-refractivity contribution in [3.05, 3.63) is 0 Å². The molecule has 18 heavy (non-hydrogen) atoms. The predicted molar refractivity (Wildman–Crippen MR) is 74.1 cm³/mol. The van der Waals surface area contributed by atoms with Gasteiger partial charge in [-0.25, -0.2) is 0 Å². The van der Waals surface area contributed by atoms with Crippen LogP contribution in [-0.2, 0) is 9.53 Å². The van der Waals surface area contributed by atoms with Crippen LogP contribution >= 0.6 is 12.4 Å². The van der Waals surface area contributed by atoms with Crippen LogP contribution in [0.1, 0.15) is 38.5 Å². The number of nitrogens with zero attached hydrogens (tertiary/aromatic N) is 1. The summed E-state index contributed by atoms with van der Waals surface area (Å²) in [6.07, 6.45) is 6.81. The van der Waals surface area contributed by atoms with Crippen LogP contribution in [0.25, 0.3) is 0 Å². The summed E-state index contributed by atoms with van der Waals surface area (Å²) in [4.78, 5) is 14.2. The van der Waals surface area contributed by atoms with E-state index in [1.165, 1.54) is 32.1 Å². The lowest BCUT2D eigenvalue weighted by molar-refractivity contribution is -0.132. The van der Waals surface area contributed by atoms with Crippen molar-refractivity contribution in [2.75, 3.05) is 32.8 Å². The number of morpholine rings is 1. The van der Waals surface area contributed by atoms with Crippen LogP contribution in [0.3, 0.4) is 0 Å². The van der Waals surface area contributed by atoms with Gasteiger partial charge in [-0.05, 0) is 12.8 Å². The standard InChI is InChI=1S/C13H24N2O2.ClH/c16-13(10-12-11-17-9-6-14-12)15-7-4-2-1-3-5-8-15;/h12,14H,1-11H2;1H. The largest absolute Gasteiger partial charge is 0.378 e. The van der Waals surface area contributed by atoms with Gasteiger partial charge < -0.3 is 15.0 Å². The summed E-state index contributed by atoms with van der Waals surface area (Å²) in [5.74, 6) is 0.301. The maximum absolute atomic E-state index is 12.2. The number of ether oxygens (including phenoxy) is 1. The van der Waals surface area contributed by atoms with Crippen LogP contribution in [0, 0.1) is 0 Å². The first-order valence-electron chi connectivity index (χ1n) is 6.95. The van der Waals surface area contributed by atoms with Crippen LogP contribution in [0.2, 0.25) is 0 Å². The van der Waals surface area contributed by atoms with E-state index >= 15 is 0 Å². The van der Waals surface area contributed by atoms with Crippen molar-refractivity contribution in [3.8, 4) is 0 Å². The number of carbonyl (C=O) groups is 1. The summed E-state index contributed by atoms with van der Waals surface area (Å²) in [5, 5.41) is 3.34. The fourth-order valence-corrected chi connectivity index (χ4v) is 2.59. The van der Waals surface area contributed by atoms with Gasteiger partial charge in [0.25, 0.3) is 0 Å². The van der Waals surface area contributed by atoms with Crippen LogP contribution in [0.5, 0.6) is 0 Å². The van der Waals surface area contributed by atoms with E-state index in [1.54, 1.807) is 0 Å². The zero-order chi connectivity index (χ0) is 11.9. The SMILES string of the molecule is Cl.O=C(CC1COCCN1)N1CCCCCCC1. The molecule has 0 bridgehead atoms. The molecule has 1 amide bonds. The van der Waals surface area contributed by atoms with Gasteiger partial charge in [0.1, 0.15) is 0 Å². The molecule has 5 heteroatoms. The highest BCUT2D eigenvalue weighted by molar-refractivity contribution is 5.85. The first kappa shape index (κ1) is 15.7. The smallest absolute Gasteiger partial charge is 0.224 e.